The quantitative estimate of drug-likeness (QED) is 0.602. The van der Waals surface area contributed by atoms with Gasteiger partial charge < -0.3 is 0 Å². The minimum Gasteiger partial charge on any atom is -0.113 e. The van der Waals surface area contributed by atoms with E-state index in [9.17, 15) is 0 Å². The van der Waals surface area contributed by atoms with Crippen LogP contribution in [0.3, 0.4) is 0 Å². The third-order valence-corrected chi connectivity index (χ3v) is 3.98. The summed E-state index contributed by atoms with van der Waals surface area (Å²) in [5.74, 6) is 0. The third kappa shape index (κ3) is 2.83. The van der Waals surface area contributed by atoms with Crippen molar-refractivity contribution in [2.45, 2.75) is 19.2 Å². The summed E-state index contributed by atoms with van der Waals surface area (Å²) in [7, 11) is 0. The van der Waals surface area contributed by atoms with Crippen LogP contribution in [0.15, 0.2) is 36.4 Å². The second kappa shape index (κ2) is 5.52. The summed E-state index contributed by atoms with van der Waals surface area (Å²) >= 11 is 18.6. The summed E-state index contributed by atoms with van der Waals surface area (Å²) in [6, 6.07) is 11.7. The minimum absolute atomic E-state index is 0.255. The van der Waals surface area contributed by atoms with Crippen molar-refractivity contribution in [3.63, 3.8) is 0 Å². The van der Waals surface area contributed by atoms with Gasteiger partial charge in [0.2, 0.25) is 0 Å². The molecule has 1 atom stereocenters. The van der Waals surface area contributed by atoms with Crippen molar-refractivity contribution in [2.75, 3.05) is 0 Å². The van der Waals surface area contributed by atoms with Gasteiger partial charge in [-0.05, 0) is 42.7 Å². The van der Waals surface area contributed by atoms with Crippen LogP contribution in [0.4, 0.5) is 0 Å². The largest absolute Gasteiger partial charge is 0.113 e. The van der Waals surface area contributed by atoms with Gasteiger partial charge in [0.25, 0.3) is 0 Å². The number of aryl methyl sites for hydroxylation is 2. The fourth-order valence-electron chi connectivity index (χ4n) is 1.91. The predicted octanol–water partition coefficient (Wildman–Crippen LogP) is 5.94. The zero-order chi connectivity index (χ0) is 13.3. The van der Waals surface area contributed by atoms with E-state index in [2.05, 4.69) is 25.1 Å². The summed E-state index contributed by atoms with van der Waals surface area (Å²) in [6.45, 7) is 4.10. The van der Waals surface area contributed by atoms with E-state index >= 15 is 0 Å². The fourth-order valence-corrected chi connectivity index (χ4v) is 2.91. The zero-order valence-corrected chi connectivity index (χ0v) is 12.4. The van der Waals surface area contributed by atoms with Crippen LogP contribution >= 0.6 is 34.8 Å². The molecule has 0 saturated carbocycles. The van der Waals surface area contributed by atoms with Gasteiger partial charge in [0, 0.05) is 10.0 Å². The zero-order valence-electron chi connectivity index (χ0n) is 10.2. The number of rotatable bonds is 2. The van der Waals surface area contributed by atoms with Crippen LogP contribution < -0.4 is 0 Å². The molecule has 2 aromatic rings. The van der Waals surface area contributed by atoms with Crippen LogP contribution in [0, 0.1) is 13.8 Å². The molecular formula is C15H13Cl3. The van der Waals surface area contributed by atoms with E-state index < -0.39 is 0 Å². The number of halogens is 3. The predicted molar refractivity (Wildman–Crippen MR) is 80.1 cm³/mol. The Morgan fingerprint density at radius 3 is 2.28 bits per heavy atom. The number of alkyl halides is 1. The second-order valence-corrected chi connectivity index (χ2v) is 5.67. The van der Waals surface area contributed by atoms with Crippen LogP contribution in [0.25, 0.3) is 0 Å². The molecule has 0 heterocycles. The highest BCUT2D eigenvalue weighted by atomic mass is 35.5. The number of benzene rings is 2. The van der Waals surface area contributed by atoms with E-state index in [0.717, 1.165) is 16.7 Å². The van der Waals surface area contributed by atoms with Gasteiger partial charge in [-0.25, -0.2) is 0 Å². The molecule has 0 nitrogen and oxygen atoms in total. The number of hydrogen-bond donors (Lipinski definition) is 0. The molecule has 0 radical (unpaired) electrons. The van der Waals surface area contributed by atoms with E-state index in [1.165, 1.54) is 5.56 Å². The molecule has 3 heteroatoms. The van der Waals surface area contributed by atoms with Gasteiger partial charge in [-0.2, -0.15) is 0 Å². The normalized spacial score (nSPS) is 12.5. The Morgan fingerprint density at radius 2 is 1.61 bits per heavy atom. The Labute approximate surface area is 122 Å². The summed E-state index contributed by atoms with van der Waals surface area (Å²) in [5.41, 5.74) is 4.32. The van der Waals surface area contributed by atoms with Crippen molar-refractivity contribution in [2.24, 2.45) is 0 Å². The van der Waals surface area contributed by atoms with Crippen molar-refractivity contribution < 1.29 is 0 Å². The average Bonchev–Trinajstić information content (AvgIpc) is 2.31. The molecular weight excluding hydrogens is 287 g/mol. The molecule has 1 unspecified atom stereocenters. The van der Waals surface area contributed by atoms with Gasteiger partial charge >= 0.3 is 0 Å². The standard InChI is InChI=1S/C15H13Cl3/c1-9-3-4-10(2)13(7-9)15(18)12-6-5-11(16)8-14(12)17/h3-8,15H,1-2H3. The van der Waals surface area contributed by atoms with Crippen LogP contribution in [-0.2, 0) is 0 Å². The summed E-state index contributed by atoms with van der Waals surface area (Å²) < 4.78 is 0. The van der Waals surface area contributed by atoms with Gasteiger partial charge in [0.05, 0.1) is 5.38 Å². The summed E-state index contributed by atoms with van der Waals surface area (Å²) in [4.78, 5) is 0. The Balaban J connectivity index is 2.47. The average molecular weight is 300 g/mol. The first-order valence-corrected chi connectivity index (χ1v) is 6.84. The Hall–Kier alpha value is -0.690. The van der Waals surface area contributed by atoms with Gasteiger partial charge in [-0.3, -0.25) is 0 Å². The molecule has 0 aliphatic rings. The van der Waals surface area contributed by atoms with Gasteiger partial charge in [-0.1, -0.05) is 53.0 Å². The van der Waals surface area contributed by atoms with Gasteiger partial charge in [0.1, 0.15) is 0 Å². The molecule has 0 aliphatic heterocycles. The van der Waals surface area contributed by atoms with Crippen molar-refractivity contribution in [3.8, 4) is 0 Å². The Kier molecular flexibility index (Phi) is 4.21. The summed E-state index contributed by atoms with van der Waals surface area (Å²) in [6.07, 6.45) is 0. The topological polar surface area (TPSA) is 0 Å². The molecule has 0 fully saturated rings. The van der Waals surface area contributed by atoms with E-state index in [-0.39, 0.29) is 5.38 Å². The van der Waals surface area contributed by atoms with Gasteiger partial charge in [0.15, 0.2) is 0 Å². The molecule has 94 valence electrons. The lowest BCUT2D eigenvalue weighted by Gasteiger charge is -2.15. The van der Waals surface area contributed by atoms with E-state index in [4.69, 9.17) is 34.8 Å². The first-order valence-electron chi connectivity index (χ1n) is 5.65. The third-order valence-electron chi connectivity index (χ3n) is 2.94. The molecule has 0 aliphatic carbocycles. The Bertz CT molecular complexity index is 576. The van der Waals surface area contributed by atoms with Crippen LogP contribution in [-0.4, -0.2) is 0 Å². The lowest BCUT2D eigenvalue weighted by atomic mass is 9.98. The molecule has 2 rings (SSSR count). The minimum atomic E-state index is -0.255. The molecule has 18 heavy (non-hydrogen) atoms. The van der Waals surface area contributed by atoms with Crippen LogP contribution in [0.5, 0.6) is 0 Å². The van der Waals surface area contributed by atoms with Crippen molar-refractivity contribution >= 4 is 34.8 Å². The van der Waals surface area contributed by atoms with E-state index in [0.29, 0.717) is 10.0 Å². The highest BCUT2D eigenvalue weighted by Gasteiger charge is 2.16. The van der Waals surface area contributed by atoms with E-state index in [1.54, 1.807) is 6.07 Å². The first-order chi connectivity index (χ1) is 8.49. The monoisotopic (exact) mass is 298 g/mol. The fraction of sp³-hybridized carbons (Fsp3) is 0.200. The molecule has 0 saturated heterocycles. The van der Waals surface area contributed by atoms with E-state index in [1.807, 2.05) is 19.1 Å². The lowest BCUT2D eigenvalue weighted by Crippen LogP contribution is -1.98. The first kappa shape index (κ1) is 13.7. The highest BCUT2D eigenvalue weighted by molar-refractivity contribution is 6.36. The maximum atomic E-state index is 6.54. The lowest BCUT2D eigenvalue weighted by molar-refractivity contribution is 1.10. The van der Waals surface area contributed by atoms with Crippen LogP contribution in [0.1, 0.15) is 27.6 Å². The Morgan fingerprint density at radius 1 is 0.889 bits per heavy atom. The number of hydrogen-bond acceptors (Lipinski definition) is 0. The molecule has 0 amide bonds. The molecule has 0 N–H and O–H groups in total. The molecule has 0 spiro atoms. The van der Waals surface area contributed by atoms with Crippen molar-refractivity contribution in [1.82, 2.24) is 0 Å². The van der Waals surface area contributed by atoms with Gasteiger partial charge in [-0.15, -0.1) is 11.6 Å². The van der Waals surface area contributed by atoms with Crippen molar-refractivity contribution in [3.05, 3.63) is 68.7 Å². The van der Waals surface area contributed by atoms with Crippen molar-refractivity contribution in [1.29, 1.82) is 0 Å². The highest BCUT2D eigenvalue weighted by Crippen LogP contribution is 2.36. The molecule has 0 aromatic heterocycles. The second-order valence-electron chi connectivity index (χ2n) is 4.39. The summed E-state index contributed by atoms with van der Waals surface area (Å²) in [5, 5.41) is 0.964. The molecule has 2 aromatic carbocycles. The maximum Gasteiger partial charge on any atom is 0.0852 e. The maximum absolute atomic E-state index is 6.54. The van der Waals surface area contributed by atoms with Crippen LogP contribution in [0.2, 0.25) is 10.0 Å². The SMILES string of the molecule is Cc1ccc(C)c(C(Cl)c2ccc(Cl)cc2Cl)c1. The smallest absolute Gasteiger partial charge is 0.0852 e. The molecule has 0 bridgehead atoms.